The molecule has 0 spiro atoms. The quantitative estimate of drug-likeness (QED) is 0.614. The number of rotatable bonds is 4. The summed E-state index contributed by atoms with van der Waals surface area (Å²) in [4.78, 5) is 28.2. The van der Waals surface area contributed by atoms with Crippen LogP contribution in [0.15, 0.2) is 27.0 Å². The molecular formula is C12H12N2O5S2. The first-order chi connectivity index (χ1) is 9.99. The van der Waals surface area contributed by atoms with Crippen LogP contribution in [0.4, 0.5) is 0 Å². The molecule has 3 rings (SSSR count). The molecule has 2 aliphatic heterocycles. The maximum Gasteiger partial charge on any atom is 0.352 e. The summed E-state index contributed by atoms with van der Waals surface area (Å²) in [6.07, 6.45) is 0.480. The molecule has 7 nitrogen and oxygen atoms in total. The van der Waals surface area contributed by atoms with Crippen LogP contribution in [0.25, 0.3) is 0 Å². The molecule has 1 aromatic heterocycles. The van der Waals surface area contributed by atoms with Crippen molar-refractivity contribution in [2.45, 2.75) is 23.5 Å². The van der Waals surface area contributed by atoms with Gasteiger partial charge in [0.25, 0.3) is 5.91 Å². The number of aliphatic hydroxyl groups is 1. The summed E-state index contributed by atoms with van der Waals surface area (Å²) in [5, 5.41) is 19.0. The minimum Gasteiger partial charge on any atom is -0.477 e. The van der Waals surface area contributed by atoms with E-state index in [0.717, 1.165) is 0 Å². The number of carbonyl (C=O) groups is 2. The van der Waals surface area contributed by atoms with E-state index < -0.39 is 23.4 Å². The van der Waals surface area contributed by atoms with E-state index in [2.05, 4.69) is 4.98 Å². The predicted octanol–water partition coefficient (Wildman–Crippen LogP) is 0.690. The summed E-state index contributed by atoms with van der Waals surface area (Å²) in [7, 11) is 0. The Morgan fingerprint density at radius 1 is 1.67 bits per heavy atom. The molecule has 0 radical (unpaired) electrons. The highest BCUT2D eigenvalue weighted by atomic mass is 32.2. The van der Waals surface area contributed by atoms with Crippen LogP contribution in [0.5, 0.6) is 0 Å². The van der Waals surface area contributed by atoms with Crippen LogP contribution in [0.3, 0.4) is 0 Å². The zero-order valence-electron chi connectivity index (χ0n) is 11.0. The van der Waals surface area contributed by atoms with E-state index in [-0.39, 0.29) is 5.70 Å². The van der Waals surface area contributed by atoms with Gasteiger partial charge < -0.3 is 14.6 Å². The van der Waals surface area contributed by atoms with Gasteiger partial charge in [0.15, 0.2) is 17.1 Å². The highest BCUT2D eigenvalue weighted by Gasteiger charge is 2.52. The van der Waals surface area contributed by atoms with Crippen LogP contribution in [-0.4, -0.2) is 55.0 Å². The minimum atomic E-state index is -1.15. The number of aliphatic carboxylic acids is 1. The van der Waals surface area contributed by atoms with Crippen LogP contribution in [-0.2, 0) is 9.59 Å². The summed E-state index contributed by atoms with van der Waals surface area (Å²) in [5.41, 5.74) is 0.626. The average molecular weight is 328 g/mol. The van der Waals surface area contributed by atoms with E-state index in [1.54, 1.807) is 13.1 Å². The molecule has 0 saturated carbocycles. The lowest BCUT2D eigenvalue weighted by Gasteiger charge is -2.47. The van der Waals surface area contributed by atoms with Crippen molar-refractivity contribution in [3.63, 3.8) is 0 Å². The highest BCUT2D eigenvalue weighted by molar-refractivity contribution is 8.01. The van der Waals surface area contributed by atoms with Gasteiger partial charge in [-0.2, -0.15) is 0 Å². The van der Waals surface area contributed by atoms with Gasteiger partial charge in [-0.15, -0.1) is 11.8 Å². The molecule has 9 heteroatoms. The van der Waals surface area contributed by atoms with E-state index in [9.17, 15) is 19.8 Å². The van der Waals surface area contributed by atoms with Crippen molar-refractivity contribution >= 4 is 35.4 Å². The number of aryl methyl sites for hydroxylation is 1. The molecule has 0 bridgehead atoms. The number of carboxylic acids is 1. The molecule has 1 aromatic rings. The largest absolute Gasteiger partial charge is 0.477 e. The molecule has 112 valence electrons. The molecule has 0 aliphatic carbocycles. The molecule has 0 unspecified atom stereocenters. The van der Waals surface area contributed by atoms with Gasteiger partial charge in [-0.3, -0.25) is 9.69 Å². The summed E-state index contributed by atoms with van der Waals surface area (Å²) in [6.45, 7) is 1.73. The Labute approximate surface area is 128 Å². The summed E-state index contributed by atoms with van der Waals surface area (Å²) >= 11 is 2.70. The number of thioether (sulfide) groups is 2. The maximum absolute atomic E-state index is 11.7. The van der Waals surface area contributed by atoms with Crippen LogP contribution in [0.2, 0.25) is 0 Å². The molecule has 2 atom stereocenters. The lowest BCUT2D eigenvalue weighted by molar-refractivity contribution is -0.159. The molecule has 21 heavy (non-hydrogen) atoms. The first-order valence-electron chi connectivity index (χ1n) is 6.12. The van der Waals surface area contributed by atoms with Crippen molar-refractivity contribution in [1.29, 1.82) is 0 Å². The normalized spacial score (nSPS) is 24.9. The van der Waals surface area contributed by atoms with Crippen molar-refractivity contribution in [3.05, 3.63) is 23.4 Å². The molecule has 2 aliphatic rings. The van der Waals surface area contributed by atoms with Gasteiger partial charge in [0, 0.05) is 18.4 Å². The van der Waals surface area contributed by atoms with E-state index in [0.29, 0.717) is 28.1 Å². The second-order valence-corrected chi connectivity index (χ2v) is 6.68. The van der Waals surface area contributed by atoms with Crippen molar-refractivity contribution in [1.82, 2.24) is 9.88 Å². The molecule has 1 amide bonds. The number of hydrogen-bond acceptors (Lipinski definition) is 7. The number of carbonyl (C=O) groups excluding carboxylic acids is 1. The van der Waals surface area contributed by atoms with Gasteiger partial charge in [-0.1, -0.05) is 11.8 Å². The third-order valence-electron chi connectivity index (χ3n) is 3.21. The van der Waals surface area contributed by atoms with Gasteiger partial charge in [-0.05, 0) is 5.57 Å². The second kappa shape index (κ2) is 5.39. The third kappa shape index (κ3) is 2.45. The van der Waals surface area contributed by atoms with Gasteiger partial charge >= 0.3 is 5.97 Å². The Hall–Kier alpha value is -1.45. The van der Waals surface area contributed by atoms with Gasteiger partial charge in [-0.25, -0.2) is 9.78 Å². The minimum absolute atomic E-state index is 0.0159. The van der Waals surface area contributed by atoms with Crippen LogP contribution in [0, 0.1) is 6.92 Å². The van der Waals surface area contributed by atoms with Crippen LogP contribution in [0.1, 0.15) is 5.89 Å². The van der Waals surface area contributed by atoms with E-state index in [1.165, 1.54) is 28.4 Å². The summed E-state index contributed by atoms with van der Waals surface area (Å²) in [5.74, 6) is -0.292. The molecule has 0 aromatic carbocycles. The van der Waals surface area contributed by atoms with E-state index >= 15 is 0 Å². The Morgan fingerprint density at radius 2 is 2.43 bits per heavy atom. The second-order valence-electron chi connectivity index (χ2n) is 4.60. The Morgan fingerprint density at radius 3 is 3.05 bits per heavy atom. The standard InChI is InChI=1S/C12H12N2O5S2/c1-5-13-2-7(19-5)20-3-6-4-21-11-9(15)10(16)14(11)8(6)12(17)18/h2,9,11,15H,3-4H2,1H3,(H,17,18)/t9-,11-/m1/s1. The first kappa shape index (κ1) is 14.5. The van der Waals surface area contributed by atoms with Gasteiger partial charge in [0.1, 0.15) is 11.1 Å². The molecule has 3 heterocycles. The zero-order chi connectivity index (χ0) is 15.1. The number of nitrogens with zero attached hydrogens (tertiary/aromatic N) is 2. The monoisotopic (exact) mass is 328 g/mol. The lowest BCUT2D eigenvalue weighted by Crippen LogP contribution is -2.64. The van der Waals surface area contributed by atoms with Crippen molar-refractivity contribution in [3.8, 4) is 0 Å². The maximum atomic E-state index is 11.7. The Balaban J connectivity index is 1.81. The topological polar surface area (TPSA) is 104 Å². The zero-order valence-corrected chi connectivity index (χ0v) is 12.6. The molecule has 2 N–H and O–H groups in total. The number of hydrogen-bond donors (Lipinski definition) is 2. The van der Waals surface area contributed by atoms with Crippen LogP contribution < -0.4 is 0 Å². The Bertz CT molecular complexity index is 641. The van der Waals surface area contributed by atoms with Crippen molar-refractivity contribution in [2.75, 3.05) is 11.5 Å². The van der Waals surface area contributed by atoms with Gasteiger partial charge in [0.2, 0.25) is 0 Å². The molecule has 1 saturated heterocycles. The predicted molar refractivity (Wildman–Crippen MR) is 75.7 cm³/mol. The fourth-order valence-corrected chi connectivity index (χ4v) is 4.47. The fourth-order valence-electron chi connectivity index (χ4n) is 2.21. The number of oxazole rings is 1. The van der Waals surface area contributed by atoms with Crippen molar-refractivity contribution < 1.29 is 24.2 Å². The molecular weight excluding hydrogens is 316 g/mol. The highest BCUT2D eigenvalue weighted by Crippen LogP contribution is 2.41. The van der Waals surface area contributed by atoms with Crippen LogP contribution >= 0.6 is 23.5 Å². The SMILES string of the molecule is Cc1ncc(SCC2=C(C(=O)O)N3C(=O)[C@@H](O)[C@H]3SC2)o1. The number of aromatic nitrogens is 1. The molecule has 1 fully saturated rings. The number of β-lactam (4-membered cyclic amide) rings is 1. The van der Waals surface area contributed by atoms with E-state index in [1.807, 2.05) is 0 Å². The fraction of sp³-hybridized carbons (Fsp3) is 0.417. The van der Waals surface area contributed by atoms with E-state index in [4.69, 9.17) is 4.42 Å². The lowest BCUT2D eigenvalue weighted by atomic mass is 10.1. The summed E-state index contributed by atoms with van der Waals surface area (Å²) in [6, 6.07) is 0. The summed E-state index contributed by atoms with van der Waals surface area (Å²) < 4.78 is 5.32. The van der Waals surface area contributed by atoms with Gasteiger partial charge in [0.05, 0.1) is 6.20 Å². The smallest absolute Gasteiger partial charge is 0.352 e. The number of amides is 1. The van der Waals surface area contributed by atoms with Crippen molar-refractivity contribution in [2.24, 2.45) is 0 Å². The first-order valence-corrected chi connectivity index (χ1v) is 8.15. The Kier molecular flexibility index (Phi) is 3.72. The average Bonchev–Trinajstić information content (AvgIpc) is 2.88. The third-order valence-corrected chi connectivity index (χ3v) is 5.50. The number of aliphatic hydroxyl groups excluding tert-OH is 1. The number of carboxylic acid groups (broad SMARTS) is 1. The number of fused-ring (bicyclic) bond motifs is 1.